The molecular formula is C19H4F14. The standard InChI is InChI=1S/C19H4F14/c20-10-6(11(21)15(25)8(14(10)24)18(28,29)30)4-2-1-3-5(4)7-12(22)16(26)9(19(31,32)33)17(27)13(7)23/h1-2H,3H2. The number of hydrogen-bond donors (Lipinski definition) is 0. The first-order valence-electron chi connectivity index (χ1n) is 8.28. The van der Waals surface area contributed by atoms with Gasteiger partial charge in [-0.2, -0.15) is 26.3 Å². The summed E-state index contributed by atoms with van der Waals surface area (Å²) in [6.45, 7) is 0. The smallest absolute Gasteiger partial charge is 0.203 e. The molecule has 0 heterocycles. The molecule has 0 aromatic heterocycles. The van der Waals surface area contributed by atoms with Crippen molar-refractivity contribution in [3.63, 3.8) is 0 Å². The molecule has 0 radical (unpaired) electrons. The van der Waals surface area contributed by atoms with Crippen molar-refractivity contribution in [3.8, 4) is 0 Å². The first kappa shape index (κ1) is 24.6. The average molecular weight is 498 g/mol. The van der Waals surface area contributed by atoms with Crippen molar-refractivity contribution in [1.82, 2.24) is 0 Å². The van der Waals surface area contributed by atoms with Gasteiger partial charge in [0.25, 0.3) is 0 Å². The molecule has 0 unspecified atom stereocenters. The topological polar surface area (TPSA) is 0 Å². The fourth-order valence-corrected chi connectivity index (χ4v) is 3.24. The summed E-state index contributed by atoms with van der Waals surface area (Å²) in [5, 5.41) is 0. The second-order valence-corrected chi connectivity index (χ2v) is 6.51. The van der Waals surface area contributed by atoms with Crippen LogP contribution in [0.2, 0.25) is 0 Å². The van der Waals surface area contributed by atoms with Crippen molar-refractivity contribution in [1.29, 1.82) is 0 Å². The Balaban J connectivity index is 2.41. The van der Waals surface area contributed by atoms with Gasteiger partial charge in [0, 0.05) is 0 Å². The Bertz CT molecular complexity index is 1170. The highest BCUT2D eigenvalue weighted by Gasteiger charge is 2.45. The lowest BCUT2D eigenvalue weighted by Crippen LogP contribution is -2.18. The van der Waals surface area contributed by atoms with Crippen molar-refractivity contribution in [3.05, 3.63) is 80.9 Å². The minimum absolute atomic E-state index is 0.495. The lowest BCUT2D eigenvalue weighted by molar-refractivity contribution is -0.144. The molecule has 0 bridgehead atoms. The second-order valence-electron chi connectivity index (χ2n) is 6.51. The number of rotatable bonds is 2. The third kappa shape index (κ3) is 3.74. The molecule has 14 heteroatoms. The molecule has 0 amide bonds. The van der Waals surface area contributed by atoms with Crippen LogP contribution >= 0.6 is 0 Å². The van der Waals surface area contributed by atoms with E-state index >= 15 is 0 Å². The average Bonchev–Trinajstić information content (AvgIpc) is 3.12. The van der Waals surface area contributed by atoms with E-state index in [0.29, 0.717) is 6.08 Å². The quantitative estimate of drug-likeness (QED) is 0.294. The van der Waals surface area contributed by atoms with Crippen molar-refractivity contribution in [2.45, 2.75) is 18.8 Å². The molecule has 2 aromatic carbocycles. The largest absolute Gasteiger partial charge is 0.422 e. The molecule has 0 atom stereocenters. The van der Waals surface area contributed by atoms with E-state index in [0.717, 1.165) is 6.08 Å². The Morgan fingerprint density at radius 3 is 1.15 bits per heavy atom. The van der Waals surface area contributed by atoms with Gasteiger partial charge in [-0.3, -0.25) is 0 Å². The van der Waals surface area contributed by atoms with E-state index in [9.17, 15) is 61.5 Å². The number of allylic oxidation sites excluding steroid dienone is 4. The maximum Gasteiger partial charge on any atom is 0.422 e. The zero-order valence-corrected chi connectivity index (χ0v) is 15.2. The van der Waals surface area contributed by atoms with Crippen molar-refractivity contribution in [2.24, 2.45) is 0 Å². The van der Waals surface area contributed by atoms with E-state index in [1.165, 1.54) is 0 Å². The van der Waals surface area contributed by atoms with Crippen LogP contribution in [0.25, 0.3) is 11.1 Å². The van der Waals surface area contributed by atoms with Gasteiger partial charge in [-0.05, 0) is 17.6 Å². The summed E-state index contributed by atoms with van der Waals surface area (Å²) in [5.41, 5.74) is -12.2. The normalized spacial score (nSPS) is 14.6. The summed E-state index contributed by atoms with van der Waals surface area (Å²) in [7, 11) is 0. The molecule has 1 aliphatic carbocycles. The fourth-order valence-electron chi connectivity index (χ4n) is 3.24. The molecule has 0 N–H and O–H groups in total. The molecule has 0 saturated heterocycles. The van der Waals surface area contributed by atoms with Crippen LogP contribution in [-0.2, 0) is 12.4 Å². The number of alkyl halides is 6. The third-order valence-corrected chi connectivity index (χ3v) is 4.60. The van der Waals surface area contributed by atoms with Crippen molar-refractivity contribution in [2.75, 3.05) is 0 Å². The minimum Gasteiger partial charge on any atom is -0.203 e. The summed E-state index contributed by atoms with van der Waals surface area (Å²) in [5.74, 6) is -22.4. The monoisotopic (exact) mass is 498 g/mol. The zero-order chi connectivity index (χ0) is 25.2. The van der Waals surface area contributed by atoms with Gasteiger partial charge < -0.3 is 0 Å². The Morgan fingerprint density at radius 2 is 0.818 bits per heavy atom. The van der Waals surface area contributed by atoms with Gasteiger partial charge in [0.15, 0.2) is 46.5 Å². The Kier molecular flexibility index (Phi) is 5.78. The van der Waals surface area contributed by atoms with E-state index in [1.54, 1.807) is 0 Å². The van der Waals surface area contributed by atoms with Crippen LogP contribution in [0.1, 0.15) is 28.7 Å². The highest BCUT2D eigenvalue weighted by Crippen LogP contribution is 2.45. The van der Waals surface area contributed by atoms with Gasteiger partial charge in [0.05, 0.1) is 11.1 Å². The Labute approximate surface area is 173 Å². The van der Waals surface area contributed by atoms with Crippen LogP contribution in [0, 0.1) is 46.5 Å². The molecule has 33 heavy (non-hydrogen) atoms. The van der Waals surface area contributed by atoms with Crippen LogP contribution in [0.4, 0.5) is 61.5 Å². The summed E-state index contributed by atoms with van der Waals surface area (Å²) in [6, 6.07) is 0. The summed E-state index contributed by atoms with van der Waals surface area (Å²) >= 11 is 0. The van der Waals surface area contributed by atoms with E-state index in [4.69, 9.17) is 0 Å². The van der Waals surface area contributed by atoms with Crippen molar-refractivity contribution < 1.29 is 61.5 Å². The Morgan fingerprint density at radius 1 is 0.485 bits per heavy atom. The highest BCUT2D eigenvalue weighted by molar-refractivity contribution is 5.99. The molecule has 178 valence electrons. The van der Waals surface area contributed by atoms with Gasteiger partial charge in [0.1, 0.15) is 11.1 Å². The van der Waals surface area contributed by atoms with Gasteiger partial charge in [0.2, 0.25) is 0 Å². The summed E-state index contributed by atoms with van der Waals surface area (Å²) < 4.78 is 189. The van der Waals surface area contributed by atoms with E-state index in [1.807, 2.05) is 0 Å². The minimum atomic E-state index is -5.91. The van der Waals surface area contributed by atoms with Crippen LogP contribution in [-0.4, -0.2) is 0 Å². The predicted molar refractivity (Wildman–Crippen MR) is 83.1 cm³/mol. The van der Waals surface area contributed by atoms with Crippen molar-refractivity contribution >= 4 is 11.1 Å². The second kappa shape index (κ2) is 7.76. The predicted octanol–water partition coefficient (Wildman–Crippen LogP) is 7.71. The highest BCUT2D eigenvalue weighted by atomic mass is 19.4. The maximum absolute atomic E-state index is 14.3. The summed E-state index contributed by atoms with van der Waals surface area (Å²) in [4.78, 5) is 0. The lowest BCUT2D eigenvalue weighted by Gasteiger charge is -2.18. The van der Waals surface area contributed by atoms with E-state index in [2.05, 4.69) is 0 Å². The van der Waals surface area contributed by atoms with Gasteiger partial charge >= 0.3 is 12.4 Å². The summed E-state index contributed by atoms with van der Waals surface area (Å²) in [6.07, 6.45) is -11.4. The first-order chi connectivity index (χ1) is 15.0. The van der Waals surface area contributed by atoms with Crippen LogP contribution in [0.3, 0.4) is 0 Å². The fraction of sp³-hybridized carbons (Fsp3) is 0.158. The SMILES string of the molecule is Fc1c(F)c(C(F)(F)F)c(F)c(F)c1C1=C(c2c(F)c(F)c(C(F)(F)F)c(F)c2F)CC=C1. The van der Waals surface area contributed by atoms with Crippen LogP contribution in [0.15, 0.2) is 12.2 Å². The molecule has 2 aromatic rings. The van der Waals surface area contributed by atoms with E-state index in [-0.39, 0.29) is 0 Å². The van der Waals surface area contributed by atoms with E-state index < -0.39 is 98.7 Å². The molecule has 1 aliphatic rings. The van der Waals surface area contributed by atoms with Gasteiger partial charge in [-0.25, -0.2) is 35.1 Å². The zero-order valence-electron chi connectivity index (χ0n) is 15.2. The van der Waals surface area contributed by atoms with Gasteiger partial charge in [-0.1, -0.05) is 12.2 Å². The maximum atomic E-state index is 14.3. The lowest BCUT2D eigenvalue weighted by atomic mass is 9.92. The molecule has 0 saturated carbocycles. The number of hydrogen-bond acceptors (Lipinski definition) is 0. The molecule has 0 fully saturated rings. The van der Waals surface area contributed by atoms with Gasteiger partial charge in [-0.15, -0.1) is 0 Å². The molecular weight excluding hydrogens is 494 g/mol. The van der Waals surface area contributed by atoms with Crippen LogP contribution in [0.5, 0.6) is 0 Å². The molecule has 0 spiro atoms. The molecule has 0 aliphatic heterocycles. The number of halogens is 14. The molecule has 0 nitrogen and oxygen atoms in total. The Hall–Kier alpha value is -3.06. The van der Waals surface area contributed by atoms with Crippen LogP contribution < -0.4 is 0 Å². The third-order valence-electron chi connectivity index (χ3n) is 4.60. The molecule has 3 rings (SSSR count). The number of benzene rings is 2. The first-order valence-corrected chi connectivity index (χ1v) is 8.28.